The van der Waals surface area contributed by atoms with E-state index < -0.39 is 0 Å². The quantitative estimate of drug-likeness (QED) is 0.810. The van der Waals surface area contributed by atoms with Crippen LogP contribution >= 0.6 is 0 Å². The predicted molar refractivity (Wildman–Crippen MR) is 111 cm³/mol. The van der Waals surface area contributed by atoms with Crippen LogP contribution in [0.25, 0.3) is 11.1 Å². The van der Waals surface area contributed by atoms with E-state index in [2.05, 4.69) is 54.3 Å². The average Bonchev–Trinajstić information content (AvgIpc) is 3.10. The fourth-order valence-electron chi connectivity index (χ4n) is 4.46. The van der Waals surface area contributed by atoms with Gasteiger partial charge in [0, 0.05) is 32.6 Å². The van der Waals surface area contributed by atoms with Gasteiger partial charge in [-0.3, -0.25) is 4.79 Å². The third kappa shape index (κ3) is 4.08. The molecule has 0 aliphatic carbocycles. The number of carbonyl (C=O) groups excluding carboxylic acids is 1. The Labute approximate surface area is 163 Å². The molecule has 4 rings (SSSR count). The van der Waals surface area contributed by atoms with Gasteiger partial charge in [0.15, 0.2) is 0 Å². The Morgan fingerprint density at radius 2 is 1.81 bits per heavy atom. The van der Waals surface area contributed by atoms with Crippen LogP contribution in [0.2, 0.25) is 0 Å². The molecule has 27 heavy (non-hydrogen) atoms. The maximum Gasteiger partial charge on any atom is 0.219 e. The number of nitrogens with zero attached hydrogens (tertiary/aromatic N) is 2. The molecular formula is C24H30N2O. The first-order chi connectivity index (χ1) is 13.1. The fourth-order valence-corrected chi connectivity index (χ4v) is 4.46. The zero-order valence-electron chi connectivity index (χ0n) is 16.6. The topological polar surface area (TPSA) is 23.6 Å². The van der Waals surface area contributed by atoms with Crippen molar-refractivity contribution in [3.8, 4) is 11.1 Å². The minimum Gasteiger partial charge on any atom is -0.338 e. The summed E-state index contributed by atoms with van der Waals surface area (Å²) in [6.45, 7) is 8.02. The summed E-state index contributed by atoms with van der Waals surface area (Å²) in [5, 5.41) is 0. The van der Waals surface area contributed by atoms with Crippen molar-refractivity contribution < 1.29 is 4.79 Å². The van der Waals surface area contributed by atoms with Gasteiger partial charge in [0.25, 0.3) is 0 Å². The molecule has 1 amide bonds. The van der Waals surface area contributed by atoms with Crippen LogP contribution in [-0.4, -0.2) is 41.4 Å². The van der Waals surface area contributed by atoms with E-state index in [0.29, 0.717) is 0 Å². The molecule has 0 N–H and O–H groups in total. The van der Waals surface area contributed by atoms with Crippen molar-refractivity contribution >= 4 is 5.91 Å². The van der Waals surface area contributed by atoms with Gasteiger partial charge in [-0.05, 0) is 67.0 Å². The molecule has 0 aromatic heterocycles. The molecule has 1 fully saturated rings. The number of fused-ring (bicyclic) bond motifs is 1. The largest absolute Gasteiger partial charge is 0.338 e. The molecule has 1 unspecified atom stereocenters. The predicted octanol–water partition coefficient (Wildman–Crippen LogP) is 4.29. The molecule has 3 nitrogen and oxygen atoms in total. The first-order valence-electron chi connectivity index (χ1n) is 10.3. The molecule has 2 aliphatic rings. The number of hydrogen-bond acceptors (Lipinski definition) is 2. The molecule has 2 aromatic rings. The lowest BCUT2D eigenvalue weighted by molar-refractivity contribution is -0.129. The molecule has 0 saturated carbocycles. The highest BCUT2D eigenvalue weighted by Crippen LogP contribution is 2.27. The normalized spacial score (nSPS) is 19.9. The number of benzene rings is 2. The fraction of sp³-hybridized carbons (Fsp3) is 0.458. The van der Waals surface area contributed by atoms with Crippen molar-refractivity contribution in [1.29, 1.82) is 0 Å². The summed E-state index contributed by atoms with van der Waals surface area (Å²) < 4.78 is 0. The van der Waals surface area contributed by atoms with Gasteiger partial charge in [0.1, 0.15) is 0 Å². The molecule has 2 aliphatic heterocycles. The maximum absolute atomic E-state index is 11.6. The molecule has 142 valence electrons. The molecule has 1 atom stereocenters. The van der Waals surface area contributed by atoms with Crippen molar-refractivity contribution in [3.63, 3.8) is 0 Å². The lowest BCUT2D eigenvalue weighted by Gasteiger charge is -2.28. The Bertz CT molecular complexity index is 812. The van der Waals surface area contributed by atoms with E-state index in [9.17, 15) is 4.79 Å². The summed E-state index contributed by atoms with van der Waals surface area (Å²) in [6.07, 6.45) is 4.79. The maximum atomic E-state index is 11.6. The minimum absolute atomic E-state index is 0.170. The van der Waals surface area contributed by atoms with Crippen molar-refractivity contribution in [2.45, 2.75) is 52.1 Å². The number of amides is 1. The van der Waals surface area contributed by atoms with Crippen LogP contribution in [0.5, 0.6) is 0 Å². The lowest BCUT2D eigenvalue weighted by atomic mass is 9.94. The highest BCUT2D eigenvalue weighted by molar-refractivity contribution is 5.74. The van der Waals surface area contributed by atoms with Crippen molar-refractivity contribution in [3.05, 3.63) is 59.2 Å². The van der Waals surface area contributed by atoms with Gasteiger partial charge in [0.2, 0.25) is 5.91 Å². The van der Waals surface area contributed by atoms with Crippen LogP contribution in [0, 0.1) is 0 Å². The Morgan fingerprint density at radius 1 is 1.04 bits per heavy atom. The van der Waals surface area contributed by atoms with E-state index in [-0.39, 0.29) is 5.91 Å². The molecule has 2 heterocycles. The van der Waals surface area contributed by atoms with E-state index in [4.69, 9.17) is 0 Å². The molecule has 0 radical (unpaired) electrons. The van der Waals surface area contributed by atoms with E-state index in [1.165, 1.54) is 53.7 Å². The summed E-state index contributed by atoms with van der Waals surface area (Å²) in [6, 6.07) is 16.5. The van der Waals surface area contributed by atoms with Crippen LogP contribution < -0.4 is 0 Å². The first-order valence-corrected chi connectivity index (χ1v) is 10.3. The number of carbonyl (C=O) groups is 1. The number of hydrogen-bond donors (Lipinski definition) is 0. The summed E-state index contributed by atoms with van der Waals surface area (Å²) in [5.41, 5.74) is 6.66. The second-order valence-corrected chi connectivity index (χ2v) is 8.15. The van der Waals surface area contributed by atoms with Gasteiger partial charge < -0.3 is 9.80 Å². The molecule has 2 aromatic carbocycles. The highest BCUT2D eigenvalue weighted by Gasteiger charge is 2.20. The van der Waals surface area contributed by atoms with Crippen molar-refractivity contribution in [1.82, 2.24) is 9.80 Å². The standard InChI is InChI=1S/C24H30N2O/c1-18-4-3-13-25(18)14-11-20-5-7-21(8-6-20)22-9-10-24-17-26(19(2)27)15-12-23(24)16-22/h5-10,16,18H,3-4,11-15,17H2,1-2H3. The summed E-state index contributed by atoms with van der Waals surface area (Å²) in [7, 11) is 0. The van der Waals surface area contributed by atoms with Crippen LogP contribution in [0.15, 0.2) is 42.5 Å². The van der Waals surface area contributed by atoms with E-state index >= 15 is 0 Å². The number of rotatable bonds is 4. The Morgan fingerprint density at radius 3 is 2.52 bits per heavy atom. The van der Waals surface area contributed by atoms with Gasteiger partial charge in [-0.2, -0.15) is 0 Å². The lowest BCUT2D eigenvalue weighted by Crippen LogP contribution is -2.34. The average molecular weight is 363 g/mol. The Hall–Kier alpha value is -2.13. The minimum atomic E-state index is 0.170. The van der Waals surface area contributed by atoms with Crippen LogP contribution in [0.1, 0.15) is 43.4 Å². The van der Waals surface area contributed by atoms with Crippen molar-refractivity contribution in [2.75, 3.05) is 19.6 Å². The smallest absolute Gasteiger partial charge is 0.219 e. The third-order valence-electron chi connectivity index (χ3n) is 6.33. The molecule has 0 bridgehead atoms. The van der Waals surface area contributed by atoms with Gasteiger partial charge >= 0.3 is 0 Å². The first kappa shape index (κ1) is 18.2. The van der Waals surface area contributed by atoms with Crippen LogP contribution in [0.3, 0.4) is 0 Å². The number of likely N-dealkylation sites (tertiary alicyclic amines) is 1. The summed E-state index contributed by atoms with van der Waals surface area (Å²) in [5.74, 6) is 0.170. The molecular weight excluding hydrogens is 332 g/mol. The van der Waals surface area contributed by atoms with E-state index in [1.54, 1.807) is 6.92 Å². The van der Waals surface area contributed by atoms with E-state index in [0.717, 1.165) is 32.0 Å². The zero-order valence-corrected chi connectivity index (χ0v) is 16.6. The monoisotopic (exact) mass is 362 g/mol. The van der Waals surface area contributed by atoms with Crippen LogP contribution in [-0.2, 0) is 24.2 Å². The third-order valence-corrected chi connectivity index (χ3v) is 6.33. The second-order valence-electron chi connectivity index (χ2n) is 8.15. The van der Waals surface area contributed by atoms with E-state index in [1.807, 2.05) is 4.90 Å². The molecule has 1 saturated heterocycles. The Kier molecular flexibility index (Phi) is 5.31. The zero-order chi connectivity index (χ0) is 18.8. The highest BCUT2D eigenvalue weighted by atomic mass is 16.2. The Balaban J connectivity index is 1.42. The molecule has 3 heteroatoms. The van der Waals surface area contributed by atoms with Gasteiger partial charge in [0.05, 0.1) is 0 Å². The summed E-state index contributed by atoms with van der Waals surface area (Å²) in [4.78, 5) is 16.1. The summed E-state index contributed by atoms with van der Waals surface area (Å²) >= 11 is 0. The second kappa shape index (κ2) is 7.85. The van der Waals surface area contributed by atoms with Crippen molar-refractivity contribution in [2.24, 2.45) is 0 Å². The van der Waals surface area contributed by atoms with Gasteiger partial charge in [-0.1, -0.05) is 42.5 Å². The van der Waals surface area contributed by atoms with Crippen LogP contribution in [0.4, 0.5) is 0 Å². The molecule has 0 spiro atoms. The SMILES string of the molecule is CC(=O)N1CCc2cc(-c3ccc(CCN4CCCC4C)cc3)ccc2C1. The van der Waals surface area contributed by atoms with Gasteiger partial charge in [-0.25, -0.2) is 0 Å². The van der Waals surface area contributed by atoms with Gasteiger partial charge in [-0.15, -0.1) is 0 Å².